The van der Waals surface area contributed by atoms with E-state index in [2.05, 4.69) is 10.4 Å². The van der Waals surface area contributed by atoms with Gasteiger partial charge in [0.25, 0.3) is 5.91 Å². The molecule has 0 aliphatic rings. The minimum Gasteiger partial charge on any atom is -0.367 e. The molecule has 0 unspecified atom stereocenters. The van der Waals surface area contributed by atoms with Crippen LogP contribution in [0.25, 0.3) is 0 Å². The number of carbonyl (C=O) groups excluding carboxylic acids is 1. The summed E-state index contributed by atoms with van der Waals surface area (Å²) in [6.45, 7) is 0.476. The van der Waals surface area contributed by atoms with Gasteiger partial charge in [0.1, 0.15) is 6.61 Å². The van der Waals surface area contributed by atoms with E-state index in [0.717, 1.165) is 5.56 Å². The molecule has 0 bridgehead atoms. The number of hydrogen-bond acceptors (Lipinski definition) is 4. The molecule has 0 saturated carbocycles. The SMILES string of the molecule is CN(C)NC(=O)COCc1ccncc1. The molecule has 1 N–H and O–H groups in total. The largest absolute Gasteiger partial charge is 0.367 e. The summed E-state index contributed by atoms with van der Waals surface area (Å²) in [5.41, 5.74) is 3.59. The van der Waals surface area contributed by atoms with Crippen molar-refractivity contribution in [3.63, 3.8) is 0 Å². The standard InChI is InChI=1S/C10H15N3O2/c1-13(2)12-10(14)8-15-7-9-3-5-11-6-4-9/h3-6H,7-8H2,1-2H3,(H,12,14). The fourth-order valence-electron chi connectivity index (χ4n) is 1.02. The molecule has 1 heterocycles. The molecular weight excluding hydrogens is 194 g/mol. The molecule has 82 valence electrons. The molecule has 1 amide bonds. The van der Waals surface area contributed by atoms with Crippen molar-refractivity contribution >= 4 is 5.91 Å². The van der Waals surface area contributed by atoms with E-state index < -0.39 is 0 Å². The van der Waals surface area contributed by atoms with Gasteiger partial charge in [-0.25, -0.2) is 5.01 Å². The van der Waals surface area contributed by atoms with Crippen LogP contribution in [0, 0.1) is 0 Å². The lowest BCUT2D eigenvalue weighted by Gasteiger charge is -2.11. The number of rotatable bonds is 5. The Balaban J connectivity index is 2.19. The molecule has 0 saturated heterocycles. The van der Waals surface area contributed by atoms with E-state index in [4.69, 9.17) is 4.74 Å². The Bertz CT molecular complexity index is 301. The topological polar surface area (TPSA) is 54.5 Å². The number of carbonyl (C=O) groups is 1. The second-order valence-electron chi connectivity index (χ2n) is 3.28. The van der Waals surface area contributed by atoms with E-state index in [1.165, 1.54) is 0 Å². The fraction of sp³-hybridized carbons (Fsp3) is 0.400. The smallest absolute Gasteiger partial charge is 0.260 e. The number of hydrogen-bond donors (Lipinski definition) is 1. The van der Waals surface area contributed by atoms with Crippen LogP contribution in [-0.2, 0) is 16.1 Å². The molecule has 1 aromatic heterocycles. The lowest BCUT2D eigenvalue weighted by molar-refractivity contribution is -0.129. The highest BCUT2D eigenvalue weighted by Gasteiger charge is 2.01. The molecule has 0 fully saturated rings. The average molecular weight is 209 g/mol. The Morgan fingerprint density at radius 2 is 2.13 bits per heavy atom. The first-order valence-corrected chi connectivity index (χ1v) is 4.62. The Morgan fingerprint density at radius 1 is 1.47 bits per heavy atom. The minimum atomic E-state index is -0.158. The van der Waals surface area contributed by atoms with Crippen molar-refractivity contribution in [2.45, 2.75) is 6.61 Å². The summed E-state index contributed by atoms with van der Waals surface area (Å²) in [6.07, 6.45) is 3.39. The van der Waals surface area contributed by atoms with E-state index in [0.29, 0.717) is 6.61 Å². The van der Waals surface area contributed by atoms with E-state index in [-0.39, 0.29) is 12.5 Å². The van der Waals surface area contributed by atoms with Crippen LogP contribution in [0.1, 0.15) is 5.56 Å². The van der Waals surface area contributed by atoms with E-state index >= 15 is 0 Å². The highest BCUT2D eigenvalue weighted by molar-refractivity contribution is 5.76. The second-order valence-corrected chi connectivity index (χ2v) is 3.28. The van der Waals surface area contributed by atoms with Crippen LogP contribution < -0.4 is 5.43 Å². The molecule has 0 atom stereocenters. The molecule has 0 radical (unpaired) electrons. The Kier molecular flexibility index (Phi) is 4.73. The van der Waals surface area contributed by atoms with Crippen molar-refractivity contribution in [2.75, 3.05) is 20.7 Å². The maximum atomic E-state index is 11.2. The minimum absolute atomic E-state index is 0.0561. The zero-order valence-electron chi connectivity index (χ0n) is 8.93. The number of amides is 1. The van der Waals surface area contributed by atoms with Gasteiger partial charge in [0.05, 0.1) is 6.61 Å². The summed E-state index contributed by atoms with van der Waals surface area (Å²) >= 11 is 0. The third kappa shape index (κ3) is 5.09. The average Bonchev–Trinajstić information content (AvgIpc) is 2.18. The Hall–Kier alpha value is -1.46. The molecule has 5 nitrogen and oxygen atoms in total. The number of ether oxygens (including phenoxy) is 1. The highest BCUT2D eigenvalue weighted by atomic mass is 16.5. The normalized spacial score (nSPS) is 10.3. The first kappa shape index (κ1) is 11.6. The summed E-state index contributed by atoms with van der Waals surface area (Å²) in [5.74, 6) is -0.158. The molecular formula is C10H15N3O2. The summed E-state index contributed by atoms with van der Waals surface area (Å²) in [4.78, 5) is 15.0. The highest BCUT2D eigenvalue weighted by Crippen LogP contribution is 1.97. The first-order chi connectivity index (χ1) is 7.18. The lowest BCUT2D eigenvalue weighted by atomic mass is 10.3. The van der Waals surface area contributed by atoms with Crippen molar-refractivity contribution in [1.29, 1.82) is 0 Å². The molecule has 0 aromatic carbocycles. The Labute approximate surface area is 89.0 Å². The van der Waals surface area contributed by atoms with Crippen molar-refractivity contribution in [1.82, 2.24) is 15.4 Å². The van der Waals surface area contributed by atoms with Gasteiger partial charge in [-0.05, 0) is 17.7 Å². The van der Waals surface area contributed by atoms with Gasteiger partial charge in [-0.3, -0.25) is 15.2 Å². The van der Waals surface area contributed by atoms with E-state index in [9.17, 15) is 4.79 Å². The molecule has 0 aliphatic carbocycles. The van der Waals surface area contributed by atoms with Crippen LogP contribution in [0.2, 0.25) is 0 Å². The first-order valence-electron chi connectivity index (χ1n) is 4.62. The number of nitrogens with zero attached hydrogens (tertiary/aromatic N) is 2. The van der Waals surface area contributed by atoms with Gasteiger partial charge in [-0.1, -0.05) is 0 Å². The van der Waals surface area contributed by atoms with Crippen LogP contribution >= 0.6 is 0 Å². The third-order valence-corrected chi connectivity index (χ3v) is 1.60. The van der Waals surface area contributed by atoms with Crippen molar-refractivity contribution in [3.05, 3.63) is 30.1 Å². The van der Waals surface area contributed by atoms with Gasteiger partial charge in [-0.2, -0.15) is 0 Å². The van der Waals surface area contributed by atoms with Crippen molar-refractivity contribution in [3.8, 4) is 0 Å². The molecule has 15 heavy (non-hydrogen) atoms. The zero-order chi connectivity index (χ0) is 11.1. The second kappa shape index (κ2) is 6.10. The summed E-state index contributed by atoms with van der Waals surface area (Å²) in [5, 5.41) is 1.58. The van der Waals surface area contributed by atoms with Gasteiger partial charge in [0.15, 0.2) is 0 Å². The maximum Gasteiger partial charge on any atom is 0.260 e. The number of hydrazine groups is 1. The summed E-state index contributed by atoms with van der Waals surface area (Å²) in [7, 11) is 3.50. The maximum absolute atomic E-state index is 11.2. The molecule has 0 aliphatic heterocycles. The number of pyridine rings is 1. The van der Waals surface area contributed by atoms with E-state index in [1.54, 1.807) is 31.5 Å². The summed E-state index contributed by atoms with van der Waals surface area (Å²) < 4.78 is 5.22. The lowest BCUT2D eigenvalue weighted by Crippen LogP contribution is -2.38. The quantitative estimate of drug-likeness (QED) is 0.703. The van der Waals surface area contributed by atoms with Crippen LogP contribution in [0.4, 0.5) is 0 Å². The Morgan fingerprint density at radius 3 is 2.73 bits per heavy atom. The number of aromatic nitrogens is 1. The van der Waals surface area contributed by atoms with Gasteiger partial charge in [-0.15, -0.1) is 0 Å². The third-order valence-electron chi connectivity index (χ3n) is 1.60. The predicted molar refractivity (Wildman–Crippen MR) is 55.7 cm³/mol. The predicted octanol–water partition coefficient (Wildman–Crippen LogP) is 0.191. The summed E-state index contributed by atoms with van der Waals surface area (Å²) in [6, 6.07) is 3.70. The molecule has 1 rings (SSSR count). The van der Waals surface area contributed by atoms with Crippen LogP contribution in [-0.4, -0.2) is 36.6 Å². The van der Waals surface area contributed by atoms with Gasteiger partial charge >= 0.3 is 0 Å². The molecule has 1 aromatic rings. The van der Waals surface area contributed by atoms with Gasteiger partial charge in [0, 0.05) is 26.5 Å². The number of nitrogens with one attached hydrogen (secondary N) is 1. The van der Waals surface area contributed by atoms with Crippen LogP contribution in [0.5, 0.6) is 0 Å². The van der Waals surface area contributed by atoms with Crippen molar-refractivity contribution in [2.24, 2.45) is 0 Å². The van der Waals surface area contributed by atoms with Gasteiger partial charge in [0.2, 0.25) is 0 Å². The van der Waals surface area contributed by atoms with Gasteiger partial charge < -0.3 is 4.74 Å². The van der Waals surface area contributed by atoms with E-state index in [1.807, 2.05) is 12.1 Å². The molecule has 0 spiro atoms. The zero-order valence-corrected chi connectivity index (χ0v) is 8.93. The van der Waals surface area contributed by atoms with Crippen molar-refractivity contribution < 1.29 is 9.53 Å². The fourth-order valence-corrected chi connectivity index (χ4v) is 1.02. The van der Waals surface area contributed by atoms with Crippen LogP contribution in [0.15, 0.2) is 24.5 Å². The molecule has 5 heteroatoms. The van der Waals surface area contributed by atoms with Crippen LogP contribution in [0.3, 0.4) is 0 Å². The monoisotopic (exact) mass is 209 g/mol.